The molecule has 2 aromatic rings. The Hall–Kier alpha value is -1.43. The lowest BCUT2D eigenvalue weighted by molar-refractivity contribution is 0.280. The molecule has 0 spiro atoms. The average Bonchev–Trinajstić information content (AvgIpc) is 3.13. The van der Waals surface area contributed by atoms with Gasteiger partial charge in [0.15, 0.2) is 0 Å². The van der Waals surface area contributed by atoms with Crippen LogP contribution in [0.3, 0.4) is 0 Å². The van der Waals surface area contributed by atoms with Crippen molar-refractivity contribution in [1.82, 2.24) is 9.88 Å². The molecular formula is C15H19N3OS. The summed E-state index contributed by atoms with van der Waals surface area (Å²) in [7, 11) is 0. The van der Waals surface area contributed by atoms with Crippen LogP contribution in [0.2, 0.25) is 0 Å². The number of hydrogen-bond acceptors (Lipinski definition) is 5. The summed E-state index contributed by atoms with van der Waals surface area (Å²) in [6, 6.07) is 7.65. The quantitative estimate of drug-likeness (QED) is 0.908. The first-order valence-electron chi connectivity index (χ1n) is 6.95. The van der Waals surface area contributed by atoms with Gasteiger partial charge in [-0.05, 0) is 43.6 Å². The van der Waals surface area contributed by atoms with Crippen LogP contribution < -0.4 is 5.73 Å². The Labute approximate surface area is 122 Å². The van der Waals surface area contributed by atoms with E-state index in [0.29, 0.717) is 12.3 Å². The highest BCUT2D eigenvalue weighted by atomic mass is 32.1. The van der Waals surface area contributed by atoms with Gasteiger partial charge >= 0.3 is 0 Å². The number of aromatic hydroxyl groups is 1. The molecule has 2 heterocycles. The monoisotopic (exact) mass is 289 g/mol. The first-order chi connectivity index (χ1) is 9.78. The van der Waals surface area contributed by atoms with Crippen molar-refractivity contribution in [1.29, 1.82) is 0 Å². The fourth-order valence-corrected chi connectivity index (χ4v) is 3.70. The van der Waals surface area contributed by atoms with E-state index in [-0.39, 0.29) is 6.04 Å². The molecule has 5 heteroatoms. The van der Waals surface area contributed by atoms with Gasteiger partial charge in [0.25, 0.3) is 0 Å². The van der Waals surface area contributed by atoms with E-state index in [0.717, 1.165) is 23.8 Å². The standard InChI is InChI=1S/C15H19N3OS/c16-9-12-10-20-15(17-12)14(18-7-1-2-8-18)11-3-5-13(19)6-4-11/h3-6,10,14,19H,1-2,7-9,16H2. The van der Waals surface area contributed by atoms with Crippen molar-refractivity contribution in [3.63, 3.8) is 0 Å². The third kappa shape index (κ3) is 2.70. The Bertz CT molecular complexity index is 561. The molecule has 20 heavy (non-hydrogen) atoms. The van der Waals surface area contributed by atoms with Gasteiger partial charge in [0.1, 0.15) is 10.8 Å². The summed E-state index contributed by atoms with van der Waals surface area (Å²) in [6.45, 7) is 2.69. The molecule has 0 bridgehead atoms. The zero-order valence-corrected chi connectivity index (χ0v) is 12.1. The smallest absolute Gasteiger partial charge is 0.115 e. The summed E-state index contributed by atoms with van der Waals surface area (Å²) < 4.78 is 0. The van der Waals surface area contributed by atoms with E-state index in [1.807, 2.05) is 17.5 Å². The number of likely N-dealkylation sites (tertiary alicyclic amines) is 1. The van der Waals surface area contributed by atoms with Gasteiger partial charge in [-0.1, -0.05) is 12.1 Å². The van der Waals surface area contributed by atoms with Crippen LogP contribution in [-0.4, -0.2) is 28.1 Å². The van der Waals surface area contributed by atoms with Crippen molar-refractivity contribution >= 4 is 11.3 Å². The first kappa shape index (κ1) is 13.5. The predicted molar refractivity (Wildman–Crippen MR) is 80.8 cm³/mol. The van der Waals surface area contributed by atoms with E-state index in [4.69, 9.17) is 5.73 Å². The molecule has 1 saturated heterocycles. The first-order valence-corrected chi connectivity index (χ1v) is 7.83. The van der Waals surface area contributed by atoms with Gasteiger partial charge in [-0.25, -0.2) is 4.98 Å². The molecule has 0 radical (unpaired) electrons. The molecule has 1 fully saturated rings. The number of nitrogens with zero attached hydrogens (tertiary/aromatic N) is 2. The SMILES string of the molecule is NCc1csc(C(c2ccc(O)cc2)N2CCCC2)n1. The molecule has 3 rings (SSSR count). The molecule has 1 atom stereocenters. The fraction of sp³-hybridized carbons (Fsp3) is 0.400. The highest BCUT2D eigenvalue weighted by molar-refractivity contribution is 7.09. The Morgan fingerprint density at radius 3 is 2.55 bits per heavy atom. The van der Waals surface area contributed by atoms with E-state index < -0.39 is 0 Å². The van der Waals surface area contributed by atoms with Gasteiger partial charge in [0.2, 0.25) is 0 Å². The van der Waals surface area contributed by atoms with Crippen LogP contribution in [0.25, 0.3) is 0 Å². The van der Waals surface area contributed by atoms with E-state index in [1.54, 1.807) is 23.5 Å². The zero-order chi connectivity index (χ0) is 13.9. The molecule has 1 aliphatic rings. The molecule has 1 aliphatic heterocycles. The van der Waals surface area contributed by atoms with E-state index in [1.165, 1.54) is 18.4 Å². The van der Waals surface area contributed by atoms with Crippen molar-refractivity contribution in [2.75, 3.05) is 13.1 Å². The summed E-state index contributed by atoms with van der Waals surface area (Å²) in [5, 5.41) is 12.6. The van der Waals surface area contributed by atoms with Crippen LogP contribution in [0.4, 0.5) is 0 Å². The molecule has 3 N–H and O–H groups in total. The summed E-state index contributed by atoms with van der Waals surface area (Å²) in [5.41, 5.74) is 7.81. The highest BCUT2D eigenvalue weighted by Crippen LogP contribution is 2.33. The number of rotatable bonds is 4. The number of benzene rings is 1. The van der Waals surface area contributed by atoms with Crippen molar-refractivity contribution in [2.24, 2.45) is 5.73 Å². The molecule has 106 valence electrons. The average molecular weight is 289 g/mol. The molecule has 0 aliphatic carbocycles. The van der Waals surface area contributed by atoms with Gasteiger partial charge in [-0.3, -0.25) is 4.90 Å². The second kappa shape index (κ2) is 5.91. The molecular weight excluding hydrogens is 270 g/mol. The van der Waals surface area contributed by atoms with Crippen molar-refractivity contribution in [3.8, 4) is 5.75 Å². The number of nitrogens with two attached hydrogens (primary N) is 1. The maximum absolute atomic E-state index is 9.47. The Balaban J connectivity index is 1.96. The number of thiazole rings is 1. The minimum Gasteiger partial charge on any atom is -0.508 e. The van der Waals surface area contributed by atoms with Gasteiger partial charge in [-0.15, -0.1) is 11.3 Å². The Kier molecular flexibility index (Phi) is 4.00. The molecule has 0 saturated carbocycles. The maximum Gasteiger partial charge on any atom is 0.115 e. The Morgan fingerprint density at radius 2 is 1.95 bits per heavy atom. The summed E-state index contributed by atoms with van der Waals surface area (Å²) in [4.78, 5) is 7.13. The lowest BCUT2D eigenvalue weighted by Gasteiger charge is -2.26. The van der Waals surface area contributed by atoms with Crippen molar-refractivity contribution < 1.29 is 5.11 Å². The summed E-state index contributed by atoms with van der Waals surface area (Å²) in [5.74, 6) is 0.302. The second-order valence-electron chi connectivity index (χ2n) is 5.12. The molecule has 4 nitrogen and oxygen atoms in total. The highest BCUT2D eigenvalue weighted by Gasteiger charge is 2.27. The van der Waals surface area contributed by atoms with E-state index >= 15 is 0 Å². The third-order valence-electron chi connectivity index (χ3n) is 3.73. The zero-order valence-electron chi connectivity index (χ0n) is 11.3. The number of aromatic nitrogens is 1. The normalized spacial score (nSPS) is 17.4. The topological polar surface area (TPSA) is 62.4 Å². The van der Waals surface area contributed by atoms with Crippen LogP contribution in [0.15, 0.2) is 29.6 Å². The molecule has 1 aromatic heterocycles. The summed E-state index contributed by atoms with van der Waals surface area (Å²) in [6.07, 6.45) is 2.48. The minimum absolute atomic E-state index is 0.184. The van der Waals surface area contributed by atoms with Gasteiger partial charge in [-0.2, -0.15) is 0 Å². The molecule has 0 amide bonds. The van der Waals surface area contributed by atoms with Crippen LogP contribution in [0.1, 0.15) is 35.1 Å². The lowest BCUT2D eigenvalue weighted by Crippen LogP contribution is -2.26. The van der Waals surface area contributed by atoms with Crippen LogP contribution in [0, 0.1) is 0 Å². The largest absolute Gasteiger partial charge is 0.508 e. The Morgan fingerprint density at radius 1 is 1.25 bits per heavy atom. The molecule has 1 unspecified atom stereocenters. The second-order valence-corrected chi connectivity index (χ2v) is 6.01. The fourth-order valence-electron chi connectivity index (χ4n) is 2.71. The van der Waals surface area contributed by atoms with Crippen molar-refractivity contribution in [3.05, 3.63) is 45.9 Å². The van der Waals surface area contributed by atoms with E-state index in [9.17, 15) is 5.11 Å². The van der Waals surface area contributed by atoms with Crippen LogP contribution in [0.5, 0.6) is 5.75 Å². The predicted octanol–water partition coefficient (Wildman–Crippen LogP) is 2.49. The van der Waals surface area contributed by atoms with E-state index in [2.05, 4.69) is 9.88 Å². The minimum atomic E-state index is 0.184. The lowest BCUT2D eigenvalue weighted by atomic mass is 10.1. The third-order valence-corrected chi connectivity index (χ3v) is 4.67. The number of phenolic OH excluding ortho intramolecular Hbond substituents is 1. The van der Waals surface area contributed by atoms with Crippen LogP contribution >= 0.6 is 11.3 Å². The van der Waals surface area contributed by atoms with Crippen molar-refractivity contribution in [2.45, 2.75) is 25.4 Å². The number of phenols is 1. The molecule has 1 aromatic carbocycles. The summed E-state index contributed by atoms with van der Waals surface area (Å²) >= 11 is 1.67. The van der Waals surface area contributed by atoms with Crippen LogP contribution in [-0.2, 0) is 6.54 Å². The van der Waals surface area contributed by atoms with Gasteiger partial charge in [0, 0.05) is 11.9 Å². The maximum atomic E-state index is 9.47. The van der Waals surface area contributed by atoms with Gasteiger partial charge in [0.05, 0.1) is 11.7 Å². The number of hydrogen-bond donors (Lipinski definition) is 2. The van der Waals surface area contributed by atoms with Gasteiger partial charge < -0.3 is 10.8 Å².